The summed E-state index contributed by atoms with van der Waals surface area (Å²) in [7, 11) is 0.842. The molecule has 21 heavy (non-hydrogen) atoms. The van der Waals surface area contributed by atoms with Crippen LogP contribution in [0.3, 0.4) is 0 Å². The molecule has 4 N–H and O–H groups in total. The summed E-state index contributed by atoms with van der Waals surface area (Å²) < 4.78 is 0. The summed E-state index contributed by atoms with van der Waals surface area (Å²) in [6.45, 7) is 1.75. The predicted molar refractivity (Wildman–Crippen MR) is 99.3 cm³/mol. The molecular weight excluding hydrogens is 295 g/mol. The van der Waals surface area contributed by atoms with E-state index in [4.69, 9.17) is 23.7 Å². The topological polar surface area (TPSA) is 52.0 Å². The molecule has 2 fully saturated rings. The van der Waals surface area contributed by atoms with Crippen LogP contribution in [-0.4, -0.2) is 18.7 Å². The molecule has 2 aliphatic rings. The van der Waals surface area contributed by atoms with Crippen LogP contribution in [0.1, 0.15) is 64.2 Å². The van der Waals surface area contributed by atoms with Crippen LogP contribution >= 0.6 is 20.0 Å². The second kappa shape index (κ2) is 9.75. The number of thiol groups is 1. The molecule has 1 unspecified atom stereocenters. The van der Waals surface area contributed by atoms with Gasteiger partial charge >= 0.3 is 0 Å². The standard InChI is InChI=1S/C17H35N2PS/c18-11-9-13-1-5-15(6-2-13)17(20-21)16-7-3-14(4-8-16)10-12-19/h13-17,20-21H,1-12,18-19H2. The Morgan fingerprint density at radius 3 is 1.43 bits per heavy atom. The van der Waals surface area contributed by atoms with E-state index >= 15 is 0 Å². The maximum atomic E-state index is 5.71. The quantitative estimate of drug-likeness (QED) is 0.484. The van der Waals surface area contributed by atoms with Crippen LogP contribution < -0.4 is 11.5 Å². The van der Waals surface area contributed by atoms with Crippen LogP contribution in [0.25, 0.3) is 0 Å². The molecule has 0 heterocycles. The third kappa shape index (κ3) is 5.37. The minimum absolute atomic E-state index is 0.842. The number of rotatable bonds is 7. The van der Waals surface area contributed by atoms with Crippen molar-refractivity contribution in [2.75, 3.05) is 13.1 Å². The van der Waals surface area contributed by atoms with E-state index in [1.165, 1.54) is 64.2 Å². The molecule has 2 saturated carbocycles. The van der Waals surface area contributed by atoms with Crippen molar-refractivity contribution in [3.05, 3.63) is 0 Å². The van der Waals surface area contributed by atoms with Gasteiger partial charge in [0.1, 0.15) is 0 Å². The average molecular weight is 331 g/mol. The van der Waals surface area contributed by atoms with E-state index in [1.807, 2.05) is 0 Å². The summed E-state index contributed by atoms with van der Waals surface area (Å²) in [5, 5.41) is 0. The highest BCUT2D eigenvalue weighted by Crippen LogP contribution is 2.48. The van der Waals surface area contributed by atoms with E-state index in [1.54, 1.807) is 0 Å². The summed E-state index contributed by atoms with van der Waals surface area (Å²) in [5.41, 5.74) is 12.3. The fourth-order valence-corrected chi connectivity index (χ4v) is 7.09. The zero-order valence-corrected chi connectivity index (χ0v) is 15.4. The number of hydrogen-bond acceptors (Lipinski definition) is 3. The van der Waals surface area contributed by atoms with Crippen molar-refractivity contribution >= 4 is 20.0 Å². The fourth-order valence-electron chi connectivity index (χ4n) is 4.74. The lowest BCUT2D eigenvalue weighted by molar-refractivity contribution is 0.194. The van der Waals surface area contributed by atoms with Crippen LogP contribution in [0.5, 0.6) is 0 Å². The lowest BCUT2D eigenvalue weighted by Crippen LogP contribution is -2.32. The van der Waals surface area contributed by atoms with Gasteiger partial charge in [-0.25, -0.2) is 0 Å². The Morgan fingerprint density at radius 1 is 0.762 bits per heavy atom. The Kier molecular flexibility index (Phi) is 8.38. The summed E-state index contributed by atoms with van der Waals surface area (Å²) in [6.07, 6.45) is 13.9. The molecule has 0 saturated heterocycles. The van der Waals surface area contributed by atoms with E-state index < -0.39 is 0 Å². The molecule has 124 valence electrons. The Hall–Kier alpha value is 0.700. The largest absolute Gasteiger partial charge is 0.330 e. The van der Waals surface area contributed by atoms with Gasteiger partial charge in [0.05, 0.1) is 0 Å². The fraction of sp³-hybridized carbons (Fsp3) is 1.00. The molecule has 0 aromatic heterocycles. The first kappa shape index (κ1) is 18.0. The molecule has 0 bridgehead atoms. The molecule has 0 aliphatic heterocycles. The second-order valence-electron chi connectivity index (χ2n) is 7.37. The van der Waals surface area contributed by atoms with Gasteiger partial charge in [-0.05, 0) is 80.9 Å². The summed E-state index contributed by atoms with van der Waals surface area (Å²) in [5.74, 6) is 3.72. The monoisotopic (exact) mass is 330 g/mol. The highest BCUT2D eigenvalue weighted by atomic mass is 32.7. The highest BCUT2D eigenvalue weighted by molar-refractivity contribution is 8.38. The first-order chi connectivity index (χ1) is 10.3. The Balaban J connectivity index is 1.78. The zero-order chi connectivity index (χ0) is 15.1. The third-order valence-corrected chi connectivity index (χ3v) is 8.23. The van der Waals surface area contributed by atoms with Crippen LogP contribution in [0, 0.1) is 23.7 Å². The van der Waals surface area contributed by atoms with Gasteiger partial charge in [-0.1, -0.05) is 33.5 Å². The SMILES string of the molecule is NCCC1CCC(C(PS)C2CCC(CCN)CC2)CC1. The molecule has 0 aromatic carbocycles. The minimum Gasteiger partial charge on any atom is -0.330 e. The lowest BCUT2D eigenvalue weighted by atomic mass is 9.72. The molecule has 0 aromatic rings. The molecule has 0 amide bonds. The molecule has 0 spiro atoms. The van der Waals surface area contributed by atoms with E-state index in [0.29, 0.717) is 0 Å². The maximum absolute atomic E-state index is 5.71. The average Bonchev–Trinajstić information content (AvgIpc) is 2.52. The van der Waals surface area contributed by atoms with Gasteiger partial charge in [0.25, 0.3) is 0 Å². The van der Waals surface area contributed by atoms with Gasteiger partial charge in [0, 0.05) is 0 Å². The van der Waals surface area contributed by atoms with Gasteiger partial charge in [0.2, 0.25) is 0 Å². The van der Waals surface area contributed by atoms with E-state index in [9.17, 15) is 0 Å². The molecule has 2 aliphatic carbocycles. The normalized spacial score (nSPS) is 36.1. The van der Waals surface area contributed by atoms with Crippen molar-refractivity contribution in [1.82, 2.24) is 0 Å². The second-order valence-corrected chi connectivity index (χ2v) is 9.07. The molecule has 1 atom stereocenters. The van der Waals surface area contributed by atoms with Gasteiger partial charge in [-0.2, -0.15) is 12.2 Å². The smallest absolute Gasteiger partial charge is 0.00746 e. The van der Waals surface area contributed by atoms with Crippen LogP contribution in [-0.2, 0) is 0 Å². The van der Waals surface area contributed by atoms with Crippen molar-refractivity contribution < 1.29 is 0 Å². The highest BCUT2D eigenvalue weighted by Gasteiger charge is 2.33. The lowest BCUT2D eigenvalue weighted by Gasteiger charge is -2.40. The molecule has 2 rings (SSSR count). The van der Waals surface area contributed by atoms with E-state index in [-0.39, 0.29) is 0 Å². The zero-order valence-electron chi connectivity index (χ0n) is 13.5. The Labute approximate surface area is 138 Å². The first-order valence-electron chi connectivity index (χ1n) is 9.08. The van der Waals surface area contributed by atoms with Crippen molar-refractivity contribution in [3.63, 3.8) is 0 Å². The number of nitrogens with two attached hydrogens (primary N) is 2. The Morgan fingerprint density at radius 2 is 1.14 bits per heavy atom. The van der Waals surface area contributed by atoms with Crippen molar-refractivity contribution in [3.8, 4) is 0 Å². The van der Waals surface area contributed by atoms with Crippen LogP contribution in [0.4, 0.5) is 0 Å². The molecule has 2 nitrogen and oxygen atoms in total. The van der Waals surface area contributed by atoms with Gasteiger partial charge in [0.15, 0.2) is 0 Å². The van der Waals surface area contributed by atoms with Crippen molar-refractivity contribution in [2.45, 2.75) is 69.9 Å². The number of hydrogen-bond donors (Lipinski definition) is 3. The van der Waals surface area contributed by atoms with Gasteiger partial charge in [-0.15, -0.1) is 0 Å². The third-order valence-electron chi connectivity index (χ3n) is 6.10. The maximum Gasteiger partial charge on any atom is -0.00746 e. The Bertz CT molecular complexity index is 248. The van der Waals surface area contributed by atoms with Crippen LogP contribution in [0.2, 0.25) is 0 Å². The molecular formula is C17H35N2PS. The molecule has 4 heteroatoms. The molecule has 0 radical (unpaired) electrons. The van der Waals surface area contributed by atoms with Gasteiger partial charge < -0.3 is 11.5 Å². The van der Waals surface area contributed by atoms with Crippen LogP contribution in [0.15, 0.2) is 0 Å². The van der Waals surface area contributed by atoms with E-state index in [0.717, 1.165) is 50.2 Å². The summed E-state index contributed by atoms with van der Waals surface area (Å²) in [6, 6.07) is 0. The van der Waals surface area contributed by atoms with E-state index in [2.05, 4.69) is 0 Å². The predicted octanol–water partition coefficient (Wildman–Crippen LogP) is 4.19. The van der Waals surface area contributed by atoms with Crippen molar-refractivity contribution in [1.29, 1.82) is 0 Å². The van der Waals surface area contributed by atoms with Crippen molar-refractivity contribution in [2.24, 2.45) is 35.1 Å². The minimum atomic E-state index is 0.842. The van der Waals surface area contributed by atoms with Gasteiger partial charge in [-0.3, -0.25) is 0 Å². The summed E-state index contributed by atoms with van der Waals surface area (Å²) in [4.78, 5) is 0. The summed E-state index contributed by atoms with van der Waals surface area (Å²) >= 11 is 4.75. The first-order valence-corrected chi connectivity index (χ1v) is 11.4.